The molecule has 1 fully saturated rings. The molecular weight excluding hydrogens is 342 g/mol. The molecule has 2 nitrogen and oxygen atoms in total. The molecule has 1 saturated heterocycles. The van der Waals surface area contributed by atoms with E-state index < -0.39 is 24.8 Å². The molecule has 0 N–H and O–H groups in total. The zero-order valence-corrected chi connectivity index (χ0v) is 12.0. The molecule has 1 aliphatic heterocycles. The number of alkyl halides is 4. The number of rotatable bonds is 2. The number of likely N-dealkylation sites (tertiary alicyclic amines) is 1. The molecule has 0 aromatic heterocycles. The lowest BCUT2D eigenvalue weighted by Crippen LogP contribution is -2.45. The number of benzene rings is 1. The first-order valence-electron chi connectivity index (χ1n) is 6.05. The third kappa shape index (κ3) is 3.31. The second-order valence-electron chi connectivity index (χ2n) is 4.72. The Hall–Kier alpha value is -1.11. The topological polar surface area (TPSA) is 20.3 Å². The third-order valence-electron chi connectivity index (χ3n) is 3.16. The van der Waals surface area contributed by atoms with Crippen molar-refractivity contribution in [3.63, 3.8) is 0 Å². The van der Waals surface area contributed by atoms with Crippen LogP contribution in [0.4, 0.5) is 17.6 Å². The Morgan fingerprint density at radius 3 is 2.65 bits per heavy atom. The molecule has 0 radical (unpaired) electrons. The molecule has 0 atom stereocenters. The minimum absolute atomic E-state index is 0.00111. The van der Waals surface area contributed by atoms with Crippen LogP contribution in [-0.2, 0) is 0 Å². The molecule has 20 heavy (non-hydrogen) atoms. The summed E-state index contributed by atoms with van der Waals surface area (Å²) in [5.41, 5.74) is -0.319. The van der Waals surface area contributed by atoms with Gasteiger partial charge in [0.2, 0.25) is 0 Å². The van der Waals surface area contributed by atoms with Gasteiger partial charge in [0.15, 0.2) is 0 Å². The van der Waals surface area contributed by atoms with Crippen LogP contribution in [0, 0.1) is 0 Å². The Labute approximate surface area is 121 Å². The maximum absolute atomic E-state index is 13.3. The van der Waals surface area contributed by atoms with E-state index in [1.165, 1.54) is 12.1 Å². The standard InChI is InChI=1S/C13H12BrF4NO/c14-10-3-2-8(6-9(10)11(15)16)12(20)19-5-1-4-13(17,18)7-19/h2-3,6,11H,1,4-5,7H2. The Bertz CT molecular complexity index is 521. The summed E-state index contributed by atoms with van der Waals surface area (Å²) in [6.07, 6.45) is -2.78. The Morgan fingerprint density at radius 1 is 1.35 bits per heavy atom. The van der Waals surface area contributed by atoms with Crippen molar-refractivity contribution in [3.05, 3.63) is 33.8 Å². The van der Waals surface area contributed by atoms with Crippen molar-refractivity contribution in [2.75, 3.05) is 13.1 Å². The fourth-order valence-corrected chi connectivity index (χ4v) is 2.59. The number of carbonyl (C=O) groups is 1. The molecule has 110 valence electrons. The van der Waals surface area contributed by atoms with E-state index in [0.717, 1.165) is 11.0 Å². The van der Waals surface area contributed by atoms with Gasteiger partial charge in [0.05, 0.1) is 6.54 Å². The smallest absolute Gasteiger partial charge is 0.265 e. The Balaban J connectivity index is 2.23. The zero-order chi connectivity index (χ0) is 14.9. The predicted molar refractivity (Wildman–Crippen MR) is 69.2 cm³/mol. The normalized spacial score (nSPS) is 18.4. The highest BCUT2D eigenvalue weighted by atomic mass is 79.9. The predicted octanol–water partition coefficient (Wildman–Crippen LogP) is 4.26. The number of halogens is 5. The van der Waals surface area contributed by atoms with E-state index in [4.69, 9.17) is 0 Å². The van der Waals surface area contributed by atoms with Gasteiger partial charge in [-0.05, 0) is 24.6 Å². The number of piperidine rings is 1. The maximum atomic E-state index is 13.3. The van der Waals surface area contributed by atoms with Crippen molar-refractivity contribution >= 4 is 21.8 Å². The molecule has 2 rings (SSSR count). The van der Waals surface area contributed by atoms with Crippen LogP contribution in [0.5, 0.6) is 0 Å². The van der Waals surface area contributed by atoms with Crippen LogP contribution < -0.4 is 0 Å². The summed E-state index contributed by atoms with van der Waals surface area (Å²) in [7, 11) is 0. The van der Waals surface area contributed by atoms with Gasteiger partial charge >= 0.3 is 0 Å². The summed E-state index contributed by atoms with van der Waals surface area (Å²) >= 11 is 2.97. The van der Waals surface area contributed by atoms with E-state index in [-0.39, 0.29) is 35.0 Å². The summed E-state index contributed by atoms with van der Waals surface area (Å²) in [6, 6.07) is 3.73. The average Bonchev–Trinajstić information content (AvgIpc) is 2.37. The van der Waals surface area contributed by atoms with Gasteiger partial charge in [0.25, 0.3) is 18.3 Å². The van der Waals surface area contributed by atoms with Crippen molar-refractivity contribution in [1.29, 1.82) is 0 Å². The SMILES string of the molecule is O=C(c1ccc(Br)c(C(F)F)c1)N1CCCC(F)(F)C1. The molecule has 0 saturated carbocycles. The van der Waals surface area contributed by atoms with Crippen LogP contribution >= 0.6 is 15.9 Å². The van der Waals surface area contributed by atoms with E-state index in [1.54, 1.807) is 0 Å². The largest absolute Gasteiger partial charge is 0.333 e. The van der Waals surface area contributed by atoms with Crippen LogP contribution in [0.3, 0.4) is 0 Å². The van der Waals surface area contributed by atoms with Crippen LogP contribution in [0.15, 0.2) is 22.7 Å². The average molecular weight is 354 g/mol. The molecule has 0 aliphatic carbocycles. The number of nitrogens with zero attached hydrogens (tertiary/aromatic N) is 1. The lowest BCUT2D eigenvalue weighted by Gasteiger charge is -2.32. The van der Waals surface area contributed by atoms with Crippen molar-refractivity contribution < 1.29 is 22.4 Å². The quantitative estimate of drug-likeness (QED) is 0.727. The highest BCUT2D eigenvalue weighted by molar-refractivity contribution is 9.10. The molecule has 7 heteroatoms. The molecule has 1 aliphatic rings. The molecular formula is C13H12BrF4NO. The molecule has 0 unspecified atom stereocenters. The van der Waals surface area contributed by atoms with Gasteiger partial charge in [-0.1, -0.05) is 15.9 Å². The summed E-state index contributed by atoms with van der Waals surface area (Å²) in [6.45, 7) is -0.444. The molecule has 1 aromatic rings. The van der Waals surface area contributed by atoms with E-state index >= 15 is 0 Å². The second kappa shape index (κ2) is 5.71. The summed E-state index contributed by atoms with van der Waals surface area (Å²) < 4.78 is 52.3. The van der Waals surface area contributed by atoms with Gasteiger partial charge in [-0.3, -0.25) is 4.79 Å². The van der Waals surface area contributed by atoms with E-state index in [0.29, 0.717) is 0 Å². The highest BCUT2D eigenvalue weighted by Gasteiger charge is 2.37. The molecule has 0 bridgehead atoms. The van der Waals surface area contributed by atoms with Gasteiger partial charge in [-0.2, -0.15) is 0 Å². The number of hydrogen-bond donors (Lipinski definition) is 0. The first-order chi connectivity index (χ1) is 9.30. The lowest BCUT2D eigenvalue weighted by molar-refractivity contribution is -0.0560. The number of hydrogen-bond acceptors (Lipinski definition) is 1. The van der Waals surface area contributed by atoms with Gasteiger partial charge in [0, 0.05) is 28.6 Å². The zero-order valence-electron chi connectivity index (χ0n) is 10.4. The van der Waals surface area contributed by atoms with E-state index in [9.17, 15) is 22.4 Å². The van der Waals surface area contributed by atoms with Gasteiger partial charge in [-0.15, -0.1) is 0 Å². The number of amides is 1. The summed E-state index contributed by atoms with van der Waals surface area (Å²) in [4.78, 5) is 13.1. The first-order valence-corrected chi connectivity index (χ1v) is 6.84. The second-order valence-corrected chi connectivity index (χ2v) is 5.58. The monoisotopic (exact) mass is 353 g/mol. The third-order valence-corrected chi connectivity index (χ3v) is 3.88. The number of carbonyl (C=O) groups excluding carboxylic acids is 1. The van der Waals surface area contributed by atoms with Crippen LogP contribution in [-0.4, -0.2) is 29.8 Å². The lowest BCUT2D eigenvalue weighted by atomic mass is 10.0. The maximum Gasteiger partial charge on any atom is 0.265 e. The van der Waals surface area contributed by atoms with Crippen molar-refractivity contribution in [1.82, 2.24) is 4.90 Å². The van der Waals surface area contributed by atoms with Gasteiger partial charge in [0.1, 0.15) is 0 Å². The molecule has 1 aromatic carbocycles. The van der Waals surface area contributed by atoms with Crippen molar-refractivity contribution in [2.24, 2.45) is 0 Å². The minimum Gasteiger partial charge on any atom is -0.333 e. The minimum atomic E-state index is -2.91. The van der Waals surface area contributed by atoms with E-state index in [1.807, 2.05) is 0 Å². The van der Waals surface area contributed by atoms with Gasteiger partial charge in [-0.25, -0.2) is 17.6 Å². The fraction of sp³-hybridized carbons (Fsp3) is 0.462. The molecule has 1 heterocycles. The Morgan fingerprint density at radius 2 is 2.05 bits per heavy atom. The fourth-order valence-electron chi connectivity index (χ4n) is 2.17. The first kappa shape index (κ1) is 15.3. The Kier molecular flexibility index (Phi) is 4.36. The van der Waals surface area contributed by atoms with Crippen LogP contribution in [0.2, 0.25) is 0 Å². The van der Waals surface area contributed by atoms with Crippen molar-refractivity contribution in [3.8, 4) is 0 Å². The van der Waals surface area contributed by atoms with Crippen LogP contribution in [0.1, 0.15) is 35.2 Å². The van der Waals surface area contributed by atoms with Crippen LogP contribution in [0.25, 0.3) is 0 Å². The summed E-state index contributed by atoms with van der Waals surface area (Å²) in [5, 5.41) is 0. The van der Waals surface area contributed by atoms with E-state index in [2.05, 4.69) is 15.9 Å². The van der Waals surface area contributed by atoms with Crippen molar-refractivity contribution in [2.45, 2.75) is 25.2 Å². The summed E-state index contributed by atoms with van der Waals surface area (Å²) in [5.74, 6) is -3.55. The molecule has 1 amide bonds. The molecule has 0 spiro atoms. The van der Waals surface area contributed by atoms with Gasteiger partial charge < -0.3 is 4.90 Å². The highest BCUT2D eigenvalue weighted by Crippen LogP contribution is 2.30.